The third kappa shape index (κ3) is 4.26. The van der Waals surface area contributed by atoms with Crippen LogP contribution in [0.25, 0.3) is 0 Å². The molecule has 0 saturated heterocycles. The zero-order valence-electron chi connectivity index (χ0n) is 10.3. The summed E-state index contributed by atoms with van der Waals surface area (Å²) in [5, 5.41) is 0. The van der Waals surface area contributed by atoms with Crippen molar-refractivity contribution in [2.24, 2.45) is 0 Å². The lowest BCUT2D eigenvalue weighted by atomic mass is 10.1. The van der Waals surface area contributed by atoms with Gasteiger partial charge in [0.1, 0.15) is 11.6 Å². The topological polar surface area (TPSA) is 20.3 Å². The van der Waals surface area contributed by atoms with Gasteiger partial charge in [0.25, 0.3) is 0 Å². The maximum atomic E-state index is 13.4. The van der Waals surface area contributed by atoms with Crippen molar-refractivity contribution in [3.05, 3.63) is 35.4 Å². The molecule has 18 heavy (non-hydrogen) atoms. The number of halogens is 3. The predicted molar refractivity (Wildman–Crippen MR) is 67.7 cm³/mol. The number of carbonyl (C=O) groups is 1. The van der Waals surface area contributed by atoms with Gasteiger partial charge in [-0.15, -0.1) is 11.6 Å². The number of hydrogen-bond acceptors (Lipinski definition) is 1. The molecule has 2 nitrogen and oxygen atoms in total. The van der Waals surface area contributed by atoms with E-state index in [0.29, 0.717) is 25.4 Å². The van der Waals surface area contributed by atoms with Crippen molar-refractivity contribution < 1.29 is 13.6 Å². The van der Waals surface area contributed by atoms with E-state index in [2.05, 4.69) is 0 Å². The SMILES string of the molecule is CCN(CCCCl)C(=O)Cc1ccc(F)cc1F. The summed E-state index contributed by atoms with van der Waals surface area (Å²) >= 11 is 5.57. The van der Waals surface area contributed by atoms with Gasteiger partial charge in [-0.05, 0) is 25.0 Å². The van der Waals surface area contributed by atoms with Crippen molar-refractivity contribution in [2.45, 2.75) is 19.8 Å². The fourth-order valence-corrected chi connectivity index (χ4v) is 1.77. The van der Waals surface area contributed by atoms with Crippen LogP contribution in [0.1, 0.15) is 18.9 Å². The Hall–Kier alpha value is -1.16. The largest absolute Gasteiger partial charge is 0.343 e. The van der Waals surface area contributed by atoms with Crippen molar-refractivity contribution >= 4 is 17.5 Å². The third-order valence-corrected chi connectivity index (χ3v) is 2.92. The minimum Gasteiger partial charge on any atom is -0.343 e. The molecule has 1 aromatic carbocycles. The highest BCUT2D eigenvalue weighted by atomic mass is 35.5. The highest BCUT2D eigenvalue weighted by Gasteiger charge is 2.14. The molecule has 0 aliphatic carbocycles. The quantitative estimate of drug-likeness (QED) is 0.731. The summed E-state index contributed by atoms with van der Waals surface area (Å²) < 4.78 is 26.1. The molecule has 0 aliphatic rings. The highest BCUT2D eigenvalue weighted by molar-refractivity contribution is 6.17. The zero-order chi connectivity index (χ0) is 13.5. The van der Waals surface area contributed by atoms with Gasteiger partial charge in [-0.3, -0.25) is 4.79 Å². The summed E-state index contributed by atoms with van der Waals surface area (Å²) in [6.07, 6.45) is 0.648. The van der Waals surface area contributed by atoms with Crippen LogP contribution in [0.2, 0.25) is 0 Å². The lowest BCUT2D eigenvalue weighted by Crippen LogP contribution is -2.33. The van der Waals surface area contributed by atoms with E-state index in [1.807, 2.05) is 6.92 Å². The monoisotopic (exact) mass is 275 g/mol. The molecule has 1 rings (SSSR count). The Bertz CT molecular complexity index is 412. The Labute approximate surface area is 111 Å². The highest BCUT2D eigenvalue weighted by Crippen LogP contribution is 2.11. The van der Waals surface area contributed by atoms with E-state index >= 15 is 0 Å². The van der Waals surface area contributed by atoms with Gasteiger partial charge in [0, 0.05) is 25.0 Å². The molecule has 0 fully saturated rings. The Kier molecular flexibility index (Phi) is 6.05. The summed E-state index contributed by atoms with van der Waals surface area (Å²) in [6.45, 7) is 2.97. The average molecular weight is 276 g/mol. The summed E-state index contributed by atoms with van der Waals surface area (Å²) in [6, 6.07) is 3.25. The predicted octanol–water partition coefficient (Wildman–Crippen LogP) is 2.98. The molecule has 0 N–H and O–H groups in total. The minimum absolute atomic E-state index is 0.0533. The Balaban J connectivity index is 2.67. The van der Waals surface area contributed by atoms with E-state index in [4.69, 9.17) is 11.6 Å². The van der Waals surface area contributed by atoms with E-state index < -0.39 is 11.6 Å². The van der Waals surface area contributed by atoms with E-state index in [9.17, 15) is 13.6 Å². The molecule has 0 radical (unpaired) electrons. The summed E-state index contributed by atoms with van der Waals surface area (Å²) in [5.74, 6) is -1.02. The van der Waals surface area contributed by atoms with Crippen LogP contribution in [0.5, 0.6) is 0 Å². The second-order valence-electron chi connectivity index (χ2n) is 3.93. The normalized spacial score (nSPS) is 10.4. The molecular weight excluding hydrogens is 260 g/mol. The van der Waals surface area contributed by atoms with Crippen LogP contribution in [0.15, 0.2) is 18.2 Å². The first-order valence-electron chi connectivity index (χ1n) is 5.86. The van der Waals surface area contributed by atoms with E-state index in [-0.39, 0.29) is 17.9 Å². The third-order valence-electron chi connectivity index (χ3n) is 2.65. The lowest BCUT2D eigenvalue weighted by Gasteiger charge is -2.20. The molecule has 100 valence electrons. The first kappa shape index (κ1) is 14.9. The standard InChI is InChI=1S/C13H16ClF2NO/c1-2-17(7-3-6-14)13(18)8-10-4-5-11(15)9-12(10)16/h4-5,9H,2-3,6-8H2,1H3. The number of likely N-dealkylation sites (N-methyl/N-ethyl adjacent to an activating group) is 1. The summed E-state index contributed by atoms with van der Waals surface area (Å²) in [5.41, 5.74) is 0.214. The molecular formula is C13H16ClF2NO. The number of rotatable bonds is 6. The van der Waals surface area contributed by atoms with Gasteiger partial charge in [-0.2, -0.15) is 0 Å². The van der Waals surface area contributed by atoms with Crippen molar-refractivity contribution in [2.75, 3.05) is 19.0 Å². The molecule has 0 spiro atoms. The van der Waals surface area contributed by atoms with Gasteiger partial charge in [-0.25, -0.2) is 8.78 Å². The fraction of sp³-hybridized carbons (Fsp3) is 0.462. The van der Waals surface area contributed by atoms with E-state index in [1.54, 1.807) is 4.90 Å². The van der Waals surface area contributed by atoms with Crippen LogP contribution in [0.3, 0.4) is 0 Å². The lowest BCUT2D eigenvalue weighted by molar-refractivity contribution is -0.130. The molecule has 0 aromatic heterocycles. The van der Waals surface area contributed by atoms with Gasteiger partial charge in [0.05, 0.1) is 6.42 Å². The number of alkyl halides is 1. The van der Waals surface area contributed by atoms with E-state index in [1.165, 1.54) is 6.07 Å². The van der Waals surface area contributed by atoms with Gasteiger partial charge in [-0.1, -0.05) is 6.07 Å². The maximum Gasteiger partial charge on any atom is 0.227 e. The molecule has 0 aliphatic heterocycles. The van der Waals surface area contributed by atoms with Crippen molar-refractivity contribution in [1.29, 1.82) is 0 Å². The van der Waals surface area contributed by atoms with Crippen molar-refractivity contribution in [1.82, 2.24) is 4.90 Å². The number of benzene rings is 1. The smallest absolute Gasteiger partial charge is 0.227 e. The van der Waals surface area contributed by atoms with Crippen LogP contribution in [0, 0.1) is 11.6 Å². The summed E-state index contributed by atoms with van der Waals surface area (Å²) in [4.78, 5) is 13.5. The molecule has 0 atom stereocenters. The molecule has 0 bridgehead atoms. The van der Waals surface area contributed by atoms with Crippen LogP contribution in [0.4, 0.5) is 8.78 Å². The van der Waals surface area contributed by atoms with Crippen LogP contribution >= 0.6 is 11.6 Å². The zero-order valence-corrected chi connectivity index (χ0v) is 11.0. The Morgan fingerprint density at radius 2 is 2.11 bits per heavy atom. The first-order valence-corrected chi connectivity index (χ1v) is 6.39. The van der Waals surface area contributed by atoms with Crippen molar-refractivity contribution in [3.8, 4) is 0 Å². The number of amides is 1. The Morgan fingerprint density at radius 3 is 2.67 bits per heavy atom. The molecule has 1 aromatic rings. The van der Waals surface area contributed by atoms with Gasteiger partial charge in [0.15, 0.2) is 0 Å². The molecule has 0 heterocycles. The second-order valence-corrected chi connectivity index (χ2v) is 4.31. The number of carbonyl (C=O) groups excluding carboxylic acids is 1. The van der Waals surface area contributed by atoms with Gasteiger partial charge < -0.3 is 4.90 Å². The number of nitrogens with zero attached hydrogens (tertiary/aromatic N) is 1. The van der Waals surface area contributed by atoms with Crippen LogP contribution < -0.4 is 0 Å². The number of hydrogen-bond donors (Lipinski definition) is 0. The Morgan fingerprint density at radius 1 is 1.39 bits per heavy atom. The molecule has 1 amide bonds. The van der Waals surface area contributed by atoms with Gasteiger partial charge in [0.2, 0.25) is 5.91 Å². The maximum absolute atomic E-state index is 13.4. The second kappa shape index (κ2) is 7.31. The average Bonchev–Trinajstić information content (AvgIpc) is 2.34. The van der Waals surface area contributed by atoms with Crippen molar-refractivity contribution in [3.63, 3.8) is 0 Å². The molecule has 0 unspecified atom stereocenters. The van der Waals surface area contributed by atoms with Crippen LogP contribution in [-0.4, -0.2) is 29.8 Å². The van der Waals surface area contributed by atoms with Gasteiger partial charge >= 0.3 is 0 Å². The molecule has 0 saturated carbocycles. The first-order chi connectivity index (χ1) is 8.58. The fourth-order valence-electron chi connectivity index (χ4n) is 1.65. The minimum atomic E-state index is -0.684. The molecule has 5 heteroatoms. The van der Waals surface area contributed by atoms with E-state index in [0.717, 1.165) is 12.1 Å². The van der Waals surface area contributed by atoms with Crippen LogP contribution in [-0.2, 0) is 11.2 Å². The summed E-state index contributed by atoms with van der Waals surface area (Å²) in [7, 11) is 0.